The van der Waals surface area contributed by atoms with Gasteiger partial charge in [-0.05, 0) is 37.2 Å². The van der Waals surface area contributed by atoms with Crippen LogP contribution in [0.1, 0.15) is 36.0 Å². The number of fused-ring (bicyclic) bond motifs is 1. The van der Waals surface area contributed by atoms with Crippen molar-refractivity contribution in [3.05, 3.63) is 36.0 Å². The summed E-state index contributed by atoms with van der Waals surface area (Å²) in [7, 11) is 1.96. The highest BCUT2D eigenvalue weighted by molar-refractivity contribution is 6.08. The number of hydrogen-bond acceptors (Lipinski definition) is 12. The average Bonchev–Trinajstić information content (AvgIpc) is 3.53. The van der Waals surface area contributed by atoms with Crippen molar-refractivity contribution in [1.82, 2.24) is 34.4 Å². The summed E-state index contributed by atoms with van der Waals surface area (Å²) in [6.07, 6.45) is 1.20. The predicted molar refractivity (Wildman–Crippen MR) is 201 cm³/mol. The first kappa shape index (κ1) is 42.3. The molecule has 304 valence electrons. The molecule has 5 rings (SSSR count). The van der Waals surface area contributed by atoms with E-state index in [1.54, 1.807) is 21.9 Å². The number of benzene rings is 1. The minimum Gasteiger partial charge on any atom is -0.480 e. The number of carboxylic acids is 2. The first-order chi connectivity index (χ1) is 26.7. The van der Waals surface area contributed by atoms with E-state index in [4.69, 9.17) is 0 Å². The number of nitriles is 1. The SMILES string of the molecule is CN(CCCN1CCN(C(=O)CN2CCN(CC(=O)O)CCN(CC(=O)O)CC2)CC1)c1ccc2nccc(C(=O)CCC(=O)N3CC(F)(F)C[C@H]3C#N)c2c1. The number of aromatic nitrogens is 1. The maximum absolute atomic E-state index is 13.8. The van der Waals surface area contributed by atoms with Gasteiger partial charge in [0, 0.05) is 121 Å². The average molecular weight is 784 g/mol. The van der Waals surface area contributed by atoms with Crippen LogP contribution in [0.25, 0.3) is 10.9 Å². The van der Waals surface area contributed by atoms with Crippen LogP contribution in [-0.2, 0) is 19.2 Å². The lowest BCUT2D eigenvalue weighted by molar-refractivity contribution is -0.140. The Morgan fingerprint density at radius 1 is 0.839 bits per heavy atom. The fourth-order valence-electron chi connectivity index (χ4n) is 7.52. The van der Waals surface area contributed by atoms with Gasteiger partial charge in [0.05, 0.1) is 37.8 Å². The number of piperazine rings is 1. The van der Waals surface area contributed by atoms with Gasteiger partial charge in [-0.15, -0.1) is 0 Å². The highest BCUT2D eigenvalue weighted by Gasteiger charge is 2.47. The van der Waals surface area contributed by atoms with E-state index in [1.165, 1.54) is 6.20 Å². The summed E-state index contributed by atoms with van der Waals surface area (Å²) in [5, 5.41) is 28.5. The summed E-state index contributed by atoms with van der Waals surface area (Å²) in [5.74, 6) is -5.99. The highest BCUT2D eigenvalue weighted by Crippen LogP contribution is 2.32. The summed E-state index contributed by atoms with van der Waals surface area (Å²) in [4.78, 5) is 79.1. The van der Waals surface area contributed by atoms with Crippen LogP contribution in [0.5, 0.6) is 0 Å². The van der Waals surface area contributed by atoms with E-state index in [1.807, 2.05) is 35.0 Å². The van der Waals surface area contributed by atoms with Crippen molar-refractivity contribution in [1.29, 1.82) is 5.26 Å². The topological polar surface area (TPSA) is 185 Å². The normalized spacial score (nSPS) is 20.2. The van der Waals surface area contributed by atoms with Gasteiger partial charge < -0.3 is 24.9 Å². The van der Waals surface area contributed by atoms with Crippen molar-refractivity contribution in [2.24, 2.45) is 0 Å². The summed E-state index contributed by atoms with van der Waals surface area (Å²) in [5.41, 5.74) is 1.87. The molecular formula is C38H51F2N9O7. The number of alkyl halides is 2. The molecule has 2 aromatic rings. The fraction of sp³-hybridized carbons (Fsp3) is 0.605. The van der Waals surface area contributed by atoms with E-state index in [-0.39, 0.29) is 44.2 Å². The second-order valence-electron chi connectivity index (χ2n) is 14.8. The van der Waals surface area contributed by atoms with Crippen molar-refractivity contribution < 1.29 is 43.0 Å². The largest absolute Gasteiger partial charge is 0.480 e. The number of ketones is 1. The molecule has 3 aliphatic rings. The minimum atomic E-state index is -3.12. The molecule has 16 nitrogen and oxygen atoms in total. The Morgan fingerprint density at radius 3 is 2.02 bits per heavy atom. The monoisotopic (exact) mass is 783 g/mol. The first-order valence-electron chi connectivity index (χ1n) is 19.0. The van der Waals surface area contributed by atoms with Gasteiger partial charge in [-0.2, -0.15) is 5.26 Å². The number of likely N-dealkylation sites (tertiary alicyclic amines) is 1. The van der Waals surface area contributed by atoms with Crippen LogP contribution in [0.3, 0.4) is 0 Å². The Kier molecular flexibility index (Phi) is 14.6. The smallest absolute Gasteiger partial charge is 0.317 e. The standard InChI is InChI=1S/C38H51F2N9O7/c1-43(28-3-4-32-31(21-28)30(7-8-42-32)33(50)5-6-34(51)49-27-38(39,40)22-29(49)23-41)9-2-10-44-17-19-48(20-18-44)35(52)24-45-11-13-46(25-36(53)54)15-16-47(14-12-45)26-37(55)56/h3-4,7-8,21,29H,2,5-6,9-20,22,24-27H2,1H3,(H,53,54)(H,55,56)/t29-/m0/s1. The molecule has 1 aromatic heterocycles. The zero-order valence-electron chi connectivity index (χ0n) is 31.8. The molecule has 1 aromatic carbocycles. The number of hydrogen-bond donors (Lipinski definition) is 2. The van der Waals surface area contributed by atoms with Gasteiger partial charge >= 0.3 is 11.9 Å². The first-order valence-corrected chi connectivity index (χ1v) is 19.0. The van der Waals surface area contributed by atoms with Crippen molar-refractivity contribution >= 4 is 46.1 Å². The quantitative estimate of drug-likeness (QED) is 0.244. The molecule has 3 aliphatic heterocycles. The Labute approximate surface area is 324 Å². The second kappa shape index (κ2) is 19.4. The van der Waals surface area contributed by atoms with E-state index in [9.17, 15) is 48.2 Å². The minimum absolute atomic E-state index is 0.00248. The number of amides is 2. The van der Waals surface area contributed by atoms with E-state index in [2.05, 4.69) is 14.8 Å². The van der Waals surface area contributed by atoms with Crippen LogP contribution in [0.2, 0.25) is 0 Å². The van der Waals surface area contributed by atoms with Crippen molar-refractivity contribution in [3.8, 4) is 6.07 Å². The van der Waals surface area contributed by atoms with Crippen molar-refractivity contribution in [2.75, 3.05) is 117 Å². The van der Waals surface area contributed by atoms with Crippen LogP contribution < -0.4 is 4.90 Å². The van der Waals surface area contributed by atoms with Crippen LogP contribution in [-0.4, -0.2) is 198 Å². The molecule has 3 saturated heterocycles. The van der Waals surface area contributed by atoms with Gasteiger partial charge in [-0.3, -0.25) is 48.6 Å². The van der Waals surface area contributed by atoms with Gasteiger partial charge in [0.2, 0.25) is 11.8 Å². The number of carbonyl (C=O) groups excluding carboxylic acids is 3. The molecule has 0 unspecified atom stereocenters. The number of anilines is 1. The number of Topliss-reactive ketones (excluding diaryl/α,β-unsaturated/α-hetero) is 1. The number of carboxylic acid groups (broad SMARTS) is 2. The summed E-state index contributed by atoms with van der Waals surface area (Å²) in [6.45, 7) is 6.06. The summed E-state index contributed by atoms with van der Waals surface area (Å²) < 4.78 is 27.7. The number of carbonyl (C=O) groups is 5. The molecule has 3 fully saturated rings. The third-order valence-corrected chi connectivity index (χ3v) is 10.7. The van der Waals surface area contributed by atoms with Gasteiger partial charge in [0.15, 0.2) is 5.78 Å². The number of aliphatic carboxylic acids is 2. The van der Waals surface area contributed by atoms with Gasteiger partial charge in [0.25, 0.3) is 5.92 Å². The molecule has 0 spiro atoms. The number of nitrogens with zero attached hydrogens (tertiary/aromatic N) is 9. The third kappa shape index (κ3) is 11.8. The van der Waals surface area contributed by atoms with Crippen LogP contribution in [0.4, 0.5) is 14.5 Å². The fourth-order valence-corrected chi connectivity index (χ4v) is 7.52. The van der Waals surface area contributed by atoms with Gasteiger partial charge in [0.1, 0.15) is 6.04 Å². The summed E-state index contributed by atoms with van der Waals surface area (Å²) in [6, 6.07) is 7.78. The zero-order chi connectivity index (χ0) is 40.4. The third-order valence-electron chi connectivity index (χ3n) is 10.7. The van der Waals surface area contributed by atoms with Crippen molar-refractivity contribution in [3.63, 3.8) is 0 Å². The lowest BCUT2D eigenvalue weighted by Crippen LogP contribution is -2.52. The van der Waals surface area contributed by atoms with Crippen molar-refractivity contribution in [2.45, 2.75) is 37.6 Å². The van der Waals surface area contributed by atoms with E-state index in [0.717, 1.165) is 43.2 Å². The second-order valence-corrected chi connectivity index (χ2v) is 14.8. The van der Waals surface area contributed by atoms with E-state index >= 15 is 0 Å². The molecule has 0 aliphatic carbocycles. The Balaban J connectivity index is 1.08. The molecule has 18 heteroatoms. The Bertz CT molecular complexity index is 1760. The highest BCUT2D eigenvalue weighted by atomic mass is 19.3. The van der Waals surface area contributed by atoms with E-state index < -0.39 is 42.8 Å². The maximum atomic E-state index is 13.8. The Morgan fingerprint density at radius 2 is 1.43 bits per heavy atom. The molecule has 2 N–H and O–H groups in total. The zero-order valence-corrected chi connectivity index (χ0v) is 31.8. The Hall–Kier alpha value is -4.83. The van der Waals surface area contributed by atoms with Crippen LogP contribution in [0, 0.1) is 11.3 Å². The predicted octanol–water partition coefficient (Wildman–Crippen LogP) is 1.02. The lowest BCUT2D eigenvalue weighted by Gasteiger charge is -2.36. The molecule has 56 heavy (non-hydrogen) atoms. The molecule has 1 atom stereocenters. The van der Waals surface area contributed by atoms with E-state index in [0.29, 0.717) is 68.8 Å². The molecule has 2 amide bonds. The molecule has 0 radical (unpaired) electrons. The maximum Gasteiger partial charge on any atom is 0.317 e. The number of halogens is 2. The number of rotatable bonds is 15. The lowest BCUT2D eigenvalue weighted by atomic mass is 10.0. The molecule has 0 bridgehead atoms. The van der Waals surface area contributed by atoms with Gasteiger partial charge in [-0.1, -0.05) is 0 Å². The molecule has 4 heterocycles. The van der Waals surface area contributed by atoms with Crippen LogP contribution in [0.15, 0.2) is 30.5 Å². The number of pyridine rings is 1. The van der Waals surface area contributed by atoms with Crippen LogP contribution >= 0.6 is 0 Å². The van der Waals surface area contributed by atoms with Gasteiger partial charge in [-0.25, -0.2) is 8.78 Å². The molecule has 0 saturated carbocycles. The summed E-state index contributed by atoms with van der Waals surface area (Å²) >= 11 is 0. The molecular weight excluding hydrogens is 732 g/mol.